The number of ether oxygens (including phenoxy) is 2. The molecule has 1 aliphatic rings. The molecule has 6 heteroatoms. The summed E-state index contributed by atoms with van der Waals surface area (Å²) in [6.45, 7) is 6.60. The zero-order valence-corrected chi connectivity index (χ0v) is 14.8. The van der Waals surface area contributed by atoms with E-state index in [9.17, 15) is 10.1 Å². The predicted octanol–water partition coefficient (Wildman–Crippen LogP) is 2.49. The highest BCUT2D eigenvalue weighted by atomic mass is 16.5. The van der Waals surface area contributed by atoms with E-state index in [1.807, 2.05) is 0 Å². The third-order valence-corrected chi connectivity index (χ3v) is 4.23. The second-order valence-electron chi connectivity index (χ2n) is 6.55. The highest BCUT2D eigenvalue weighted by Crippen LogP contribution is 2.33. The number of amides is 1. The fourth-order valence-electron chi connectivity index (χ4n) is 3.39. The highest BCUT2D eigenvalue weighted by Gasteiger charge is 2.23. The summed E-state index contributed by atoms with van der Waals surface area (Å²) in [5.74, 6) is 2.01. The van der Waals surface area contributed by atoms with Crippen molar-refractivity contribution in [3.63, 3.8) is 0 Å². The number of methoxy groups -OCH3 is 2. The first kappa shape index (κ1) is 18.1. The van der Waals surface area contributed by atoms with Crippen LogP contribution in [0, 0.1) is 23.2 Å². The Morgan fingerprint density at radius 1 is 1.25 bits per heavy atom. The number of hydrogen-bond donors (Lipinski definition) is 1. The summed E-state index contributed by atoms with van der Waals surface area (Å²) in [7, 11) is 3.03. The molecular formula is C18H25N3O3. The SMILES string of the molecule is COc1cc(C#N)c(NC(=O)CN2C[C@H](C)C[C@H](C)C2)cc1OC. The van der Waals surface area contributed by atoms with Gasteiger partial charge in [-0.1, -0.05) is 13.8 Å². The molecule has 1 aliphatic heterocycles. The molecule has 0 saturated carbocycles. The van der Waals surface area contributed by atoms with Gasteiger partial charge in [-0.25, -0.2) is 0 Å². The maximum atomic E-state index is 12.4. The number of nitrogens with zero attached hydrogens (tertiary/aromatic N) is 2. The second-order valence-corrected chi connectivity index (χ2v) is 6.55. The molecule has 2 atom stereocenters. The molecule has 0 unspecified atom stereocenters. The van der Waals surface area contributed by atoms with Gasteiger partial charge in [-0.3, -0.25) is 9.69 Å². The van der Waals surface area contributed by atoms with Gasteiger partial charge in [-0.2, -0.15) is 5.26 Å². The molecule has 1 aromatic rings. The summed E-state index contributed by atoms with van der Waals surface area (Å²) in [6.07, 6.45) is 1.20. The summed E-state index contributed by atoms with van der Waals surface area (Å²) in [5.41, 5.74) is 0.791. The molecule has 1 heterocycles. The Balaban J connectivity index is 2.09. The van der Waals surface area contributed by atoms with E-state index in [4.69, 9.17) is 9.47 Å². The molecule has 1 saturated heterocycles. The zero-order valence-electron chi connectivity index (χ0n) is 14.8. The number of piperidine rings is 1. The van der Waals surface area contributed by atoms with E-state index in [-0.39, 0.29) is 5.91 Å². The molecule has 1 fully saturated rings. The predicted molar refractivity (Wildman–Crippen MR) is 92.3 cm³/mol. The van der Waals surface area contributed by atoms with Crippen LogP contribution in [0.4, 0.5) is 5.69 Å². The minimum absolute atomic E-state index is 0.125. The van der Waals surface area contributed by atoms with Gasteiger partial charge in [0.2, 0.25) is 5.91 Å². The van der Waals surface area contributed by atoms with Crippen LogP contribution >= 0.6 is 0 Å². The molecule has 2 rings (SSSR count). The number of hydrogen-bond acceptors (Lipinski definition) is 5. The van der Waals surface area contributed by atoms with Crippen molar-refractivity contribution in [1.29, 1.82) is 5.26 Å². The summed E-state index contributed by atoms with van der Waals surface area (Å²) in [6, 6.07) is 5.27. The molecule has 1 N–H and O–H groups in total. The number of nitrogens with one attached hydrogen (secondary N) is 1. The lowest BCUT2D eigenvalue weighted by Gasteiger charge is -2.34. The third-order valence-electron chi connectivity index (χ3n) is 4.23. The number of benzene rings is 1. The van der Waals surface area contributed by atoms with Crippen LogP contribution in [0.25, 0.3) is 0 Å². The van der Waals surface area contributed by atoms with Crippen molar-refractivity contribution in [2.45, 2.75) is 20.3 Å². The van der Waals surface area contributed by atoms with Crippen molar-refractivity contribution >= 4 is 11.6 Å². The molecule has 130 valence electrons. The first-order valence-electron chi connectivity index (χ1n) is 8.15. The van der Waals surface area contributed by atoms with Crippen LogP contribution in [0.5, 0.6) is 11.5 Å². The topological polar surface area (TPSA) is 74.6 Å². The van der Waals surface area contributed by atoms with Crippen molar-refractivity contribution in [2.24, 2.45) is 11.8 Å². The van der Waals surface area contributed by atoms with Gasteiger partial charge >= 0.3 is 0 Å². The molecular weight excluding hydrogens is 306 g/mol. The molecule has 24 heavy (non-hydrogen) atoms. The molecule has 0 aromatic heterocycles. The summed E-state index contributed by atoms with van der Waals surface area (Å²) < 4.78 is 10.4. The van der Waals surface area contributed by atoms with Crippen LogP contribution in [0.15, 0.2) is 12.1 Å². The van der Waals surface area contributed by atoms with Gasteiger partial charge < -0.3 is 14.8 Å². The summed E-state index contributed by atoms with van der Waals surface area (Å²) in [5, 5.41) is 12.1. The summed E-state index contributed by atoms with van der Waals surface area (Å²) >= 11 is 0. The van der Waals surface area contributed by atoms with Crippen LogP contribution in [-0.4, -0.2) is 44.7 Å². The molecule has 0 bridgehead atoms. The molecule has 0 radical (unpaired) electrons. The molecule has 6 nitrogen and oxygen atoms in total. The van der Waals surface area contributed by atoms with Crippen LogP contribution < -0.4 is 14.8 Å². The fraction of sp³-hybridized carbons (Fsp3) is 0.556. The number of nitriles is 1. The number of anilines is 1. The van der Waals surface area contributed by atoms with E-state index in [1.165, 1.54) is 20.6 Å². The zero-order chi connectivity index (χ0) is 17.7. The Bertz CT molecular complexity index is 629. The number of carbonyl (C=O) groups excluding carboxylic acids is 1. The van der Waals surface area contributed by atoms with E-state index in [0.717, 1.165) is 13.1 Å². The lowest BCUT2D eigenvalue weighted by Crippen LogP contribution is -2.42. The standard InChI is InChI=1S/C18H25N3O3/c1-12-5-13(2)10-21(9-12)11-18(22)20-15-7-17(24-4)16(23-3)6-14(15)8-19/h6-7,12-13H,5,9-11H2,1-4H3,(H,20,22)/t12-,13+. The van der Waals surface area contributed by atoms with Crippen molar-refractivity contribution in [3.05, 3.63) is 17.7 Å². The van der Waals surface area contributed by atoms with Gasteiger partial charge in [0.05, 0.1) is 32.0 Å². The normalized spacial score (nSPS) is 21.0. The average molecular weight is 331 g/mol. The minimum Gasteiger partial charge on any atom is -0.493 e. The largest absolute Gasteiger partial charge is 0.493 e. The van der Waals surface area contributed by atoms with Crippen LogP contribution in [0.3, 0.4) is 0 Å². The van der Waals surface area contributed by atoms with Crippen LogP contribution in [0.2, 0.25) is 0 Å². The van der Waals surface area contributed by atoms with Gasteiger partial charge in [0, 0.05) is 25.2 Å². The van der Waals surface area contributed by atoms with E-state index < -0.39 is 0 Å². The van der Waals surface area contributed by atoms with E-state index >= 15 is 0 Å². The van der Waals surface area contributed by atoms with Gasteiger partial charge in [-0.05, 0) is 18.3 Å². The molecule has 1 aromatic carbocycles. The first-order valence-corrected chi connectivity index (χ1v) is 8.15. The molecule has 0 spiro atoms. The minimum atomic E-state index is -0.125. The Morgan fingerprint density at radius 3 is 2.38 bits per heavy atom. The number of rotatable bonds is 5. The van der Waals surface area contributed by atoms with E-state index in [0.29, 0.717) is 41.1 Å². The fourth-order valence-corrected chi connectivity index (χ4v) is 3.39. The number of likely N-dealkylation sites (tertiary alicyclic amines) is 1. The lowest BCUT2D eigenvalue weighted by atomic mass is 9.92. The Labute approximate surface area is 143 Å². The van der Waals surface area contributed by atoms with Gasteiger partial charge in [0.25, 0.3) is 0 Å². The van der Waals surface area contributed by atoms with Crippen molar-refractivity contribution < 1.29 is 14.3 Å². The lowest BCUT2D eigenvalue weighted by molar-refractivity contribution is -0.117. The number of carbonyl (C=O) groups is 1. The monoisotopic (exact) mass is 331 g/mol. The Hall–Kier alpha value is -2.26. The maximum absolute atomic E-state index is 12.4. The van der Waals surface area contributed by atoms with Crippen LogP contribution in [-0.2, 0) is 4.79 Å². The Morgan fingerprint density at radius 2 is 1.83 bits per heavy atom. The van der Waals surface area contributed by atoms with Gasteiger partial charge in [-0.15, -0.1) is 0 Å². The second kappa shape index (κ2) is 8.02. The van der Waals surface area contributed by atoms with Gasteiger partial charge in [0.1, 0.15) is 6.07 Å². The average Bonchev–Trinajstić information content (AvgIpc) is 2.53. The van der Waals surface area contributed by atoms with E-state index in [1.54, 1.807) is 12.1 Å². The smallest absolute Gasteiger partial charge is 0.238 e. The highest BCUT2D eigenvalue weighted by molar-refractivity contribution is 5.94. The maximum Gasteiger partial charge on any atom is 0.238 e. The molecule has 0 aliphatic carbocycles. The van der Waals surface area contributed by atoms with Gasteiger partial charge in [0.15, 0.2) is 11.5 Å². The third kappa shape index (κ3) is 4.39. The Kier molecular flexibility index (Phi) is 6.04. The first-order chi connectivity index (χ1) is 11.5. The van der Waals surface area contributed by atoms with Crippen molar-refractivity contribution in [3.8, 4) is 17.6 Å². The van der Waals surface area contributed by atoms with Crippen molar-refractivity contribution in [1.82, 2.24) is 4.90 Å². The van der Waals surface area contributed by atoms with Crippen molar-refractivity contribution in [2.75, 3.05) is 39.2 Å². The van der Waals surface area contributed by atoms with Crippen LogP contribution in [0.1, 0.15) is 25.8 Å². The quantitative estimate of drug-likeness (QED) is 0.897. The summed E-state index contributed by atoms with van der Waals surface area (Å²) in [4.78, 5) is 14.5. The van der Waals surface area contributed by atoms with E-state index in [2.05, 4.69) is 30.1 Å². The molecule has 1 amide bonds.